The number of unbranched alkanes of at least 4 members (excludes halogenated alkanes) is 4. The Kier molecular flexibility index (Phi) is 11.9. The van der Waals surface area contributed by atoms with Gasteiger partial charge in [-0.15, -0.1) is 0 Å². The Morgan fingerprint density at radius 2 is 1.52 bits per heavy atom. The van der Waals surface area contributed by atoms with E-state index in [1.54, 1.807) is 0 Å². The van der Waals surface area contributed by atoms with Crippen molar-refractivity contribution in [1.82, 2.24) is 0 Å². The molecule has 0 radical (unpaired) electrons. The van der Waals surface area contributed by atoms with Crippen LogP contribution in [-0.2, 0) is 11.3 Å². The second-order valence-corrected chi connectivity index (χ2v) is 6.94. The molecule has 2 nitrogen and oxygen atoms in total. The standard InChI is InChI=1S/C9H8Cl3NO.C7H16/c10-9(11,12)8(13)14-6-7-4-2-1-3-5-7;1-3-5-7-6-4-2/h1-5,13H,6H2;3-7H2,1-2H3. The van der Waals surface area contributed by atoms with Gasteiger partial charge < -0.3 is 4.74 Å². The summed E-state index contributed by atoms with van der Waals surface area (Å²) in [4.78, 5) is 0. The van der Waals surface area contributed by atoms with Crippen molar-refractivity contribution < 1.29 is 4.74 Å². The summed E-state index contributed by atoms with van der Waals surface area (Å²) in [5.41, 5.74) is 0.923. The molecule has 1 N–H and O–H groups in total. The first-order valence-corrected chi connectivity index (χ1v) is 8.37. The predicted octanol–water partition coefficient (Wildman–Crippen LogP) is 6.53. The van der Waals surface area contributed by atoms with E-state index in [1.165, 1.54) is 32.1 Å². The van der Waals surface area contributed by atoms with Gasteiger partial charge in [0.2, 0.25) is 5.90 Å². The van der Waals surface area contributed by atoms with Crippen LogP contribution in [0.25, 0.3) is 0 Å². The van der Waals surface area contributed by atoms with E-state index in [1.807, 2.05) is 30.3 Å². The van der Waals surface area contributed by atoms with Gasteiger partial charge in [-0.3, -0.25) is 5.41 Å². The molecule has 1 rings (SSSR count). The van der Waals surface area contributed by atoms with Crippen LogP contribution in [0.1, 0.15) is 51.5 Å². The van der Waals surface area contributed by atoms with E-state index in [2.05, 4.69) is 13.8 Å². The van der Waals surface area contributed by atoms with Crippen molar-refractivity contribution in [2.24, 2.45) is 0 Å². The third-order valence-electron chi connectivity index (χ3n) is 2.69. The summed E-state index contributed by atoms with van der Waals surface area (Å²) >= 11 is 16.3. The van der Waals surface area contributed by atoms with Crippen molar-refractivity contribution in [3.8, 4) is 0 Å². The first-order chi connectivity index (χ1) is 9.91. The van der Waals surface area contributed by atoms with Gasteiger partial charge in [-0.05, 0) is 5.56 Å². The highest BCUT2D eigenvalue weighted by molar-refractivity contribution is 6.76. The predicted molar refractivity (Wildman–Crippen MR) is 93.7 cm³/mol. The van der Waals surface area contributed by atoms with E-state index in [4.69, 9.17) is 44.9 Å². The van der Waals surface area contributed by atoms with E-state index in [9.17, 15) is 0 Å². The first kappa shape index (κ1) is 20.6. The van der Waals surface area contributed by atoms with E-state index in [0.29, 0.717) is 0 Å². The molecule has 5 heteroatoms. The van der Waals surface area contributed by atoms with Crippen LogP contribution >= 0.6 is 34.8 Å². The fraction of sp³-hybridized carbons (Fsp3) is 0.562. The Hall–Kier alpha value is -0.440. The lowest BCUT2D eigenvalue weighted by molar-refractivity contribution is 0.284. The molecule has 0 atom stereocenters. The number of nitrogens with one attached hydrogen (secondary N) is 1. The van der Waals surface area contributed by atoms with Crippen LogP contribution < -0.4 is 0 Å². The van der Waals surface area contributed by atoms with Crippen molar-refractivity contribution in [2.45, 2.75) is 56.4 Å². The first-order valence-electron chi connectivity index (χ1n) is 7.24. The number of hydrogen-bond donors (Lipinski definition) is 1. The minimum absolute atomic E-state index is 0.230. The summed E-state index contributed by atoms with van der Waals surface area (Å²) in [7, 11) is 0. The molecule has 0 fully saturated rings. The van der Waals surface area contributed by atoms with Gasteiger partial charge in [0.25, 0.3) is 3.79 Å². The average molecular weight is 353 g/mol. The van der Waals surface area contributed by atoms with E-state index < -0.39 is 3.79 Å². The van der Waals surface area contributed by atoms with Gasteiger partial charge in [0.05, 0.1) is 0 Å². The number of alkyl halides is 3. The van der Waals surface area contributed by atoms with Gasteiger partial charge >= 0.3 is 0 Å². The zero-order chi connectivity index (χ0) is 16.1. The lowest BCUT2D eigenvalue weighted by Crippen LogP contribution is -2.20. The molecule has 1 aromatic carbocycles. The molecule has 0 aliphatic heterocycles. The molecule has 1 aromatic rings. The lowest BCUT2D eigenvalue weighted by Gasteiger charge is -2.13. The molecule has 120 valence electrons. The minimum atomic E-state index is -1.78. The molecule has 0 spiro atoms. The molecular weight excluding hydrogens is 329 g/mol. The molecule has 0 aromatic heterocycles. The Balaban J connectivity index is 0.000000486. The second-order valence-electron chi connectivity index (χ2n) is 4.66. The highest BCUT2D eigenvalue weighted by Gasteiger charge is 2.28. The average Bonchev–Trinajstić information content (AvgIpc) is 2.46. The van der Waals surface area contributed by atoms with Crippen LogP contribution in [0.5, 0.6) is 0 Å². The van der Waals surface area contributed by atoms with Crippen LogP contribution in [0, 0.1) is 5.41 Å². The summed E-state index contributed by atoms with van der Waals surface area (Å²) in [5.74, 6) is -0.369. The maximum Gasteiger partial charge on any atom is 0.265 e. The van der Waals surface area contributed by atoms with Gasteiger partial charge in [0.15, 0.2) is 0 Å². The largest absolute Gasteiger partial charge is 0.473 e. The van der Waals surface area contributed by atoms with Gasteiger partial charge in [-0.25, -0.2) is 0 Å². The van der Waals surface area contributed by atoms with Crippen LogP contribution in [0.4, 0.5) is 0 Å². The topological polar surface area (TPSA) is 33.1 Å². The van der Waals surface area contributed by atoms with Crippen LogP contribution in [0.2, 0.25) is 0 Å². The van der Waals surface area contributed by atoms with E-state index >= 15 is 0 Å². The Bertz CT molecular complexity index is 373. The summed E-state index contributed by atoms with van der Waals surface area (Å²) < 4.78 is 3.20. The zero-order valence-corrected chi connectivity index (χ0v) is 14.9. The van der Waals surface area contributed by atoms with Gasteiger partial charge in [0, 0.05) is 0 Å². The van der Waals surface area contributed by atoms with Gasteiger partial charge in [-0.1, -0.05) is 111 Å². The minimum Gasteiger partial charge on any atom is -0.473 e. The number of rotatable bonds is 6. The van der Waals surface area contributed by atoms with Crippen molar-refractivity contribution >= 4 is 40.7 Å². The molecule has 0 aliphatic rings. The molecular formula is C16H24Cl3NO. The van der Waals surface area contributed by atoms with Crippen LogP contribution in [-0.4, -0.2) is 9.69 Å². The quantitative estimate of drug-likeness (QED) is 0.268. The molecule has 0 unspecified atom stereocenters. The monoisotopic (exact) mass is 351 g/mol. The fourth-order valence-corrected chi connectivity index (χ4v) is 1.65. The highest BCUT2D eigenvalue weighted by atomic mass is 35.6. The third kappa shape index (κ3) is 11.9. The molecule has 21 heavy (non-hydrogen) atoms. The fourth-order valence-electron chi connectivity index (χ4n) is 1.49. The Morgan fingerprint density at radius 3 is 1.95 bits per heavy atom. The maximum atomic E-state index is 7.27. The number of halogens is 3. The SMILES string of the molecule is CCCCCCC.N=C(OCc1ccccc1)C(Cl)(Cl)Cl. The molecule has 0 aliphatic carbocycles. The third-order valence-corrected chi connectivity index (χ3v) is 3.21. The maximum absolute atomic E-state index is 7.27. The smallest absolute Gasteiger partial charge is 0.265 e. The summed E-state index contributed by atoms with van der Waals surface area (Å²) in [6.07, 6.45) is 7.01. The second kappa shape index (κ2) is 12.1. The molecule has 0 bridgehead atoms. The number of benzene rings is 1. The zero-order valence-electron chi connectivity index (χ0n) is 12.7. The van der Waals surface area contributed by atoms with Gasteiger partial charge in [-0.2, -0.15) is 0 Å². The van der Waals surface area contributed by atoms with Crippen LogP contribution in [0.3, 0.4) is 0 Å². The van der Waals surface area contributed by atoms with Crippen molar-refractivity contribution in [3.05, 3.63) is 35.9 Å². The normalized spacial score (nSPS) is 10.5. The number of hydrogen-bond acceptors (Lipinski definition) is 2. The summed E-state index contributed by atoms with van der Waals surface area (Å²) in [6, 6.07) is 9.37. The molecule has 0 saturated carbocycles. The number of ether oxygens (including phenoxy) is 1. The summed E-state index contributed by atoms with van der Waals surface area (Å²) in [6.45, 7) is 4.72. The van der Waals surface area contributed by atoms with E-state index in [0.717, 1.165) is 5.56 Å². The highest BCUT2D eigenvalue weighted by Crippen LogP contribution is 2.28. The van der Waals surface area contributed by atoms with Crippen molar-refractivity contribution in [1.29, 1.82) is 5.41 Å². The van der Waals surface area contributed by atoms with Crippen molar-refractivity contribution in [2.75, 3.05) is 0 Å². The molecule has 0 amide bonds. The van der Waals surface area contributed by atoms with E-state index in [-0.39, 0.29) is 12.5 Å². The van der Waals surface area contributed by atoms with Crippen molar-refractivity contribution in [3.63, 3.8) is 0 Å². The Morgan fingerprint density at radius 1 is 1.00 bits per heavy atom. The van der Waals surface area contributed by atoms with Crippen LogP contribution in [0.15, 0.2) is 30.3 Å². The van der Waals surface area contributed by atoms with Gasteiger partial charge in [0.1, 0.15) is 6.61 Å². The Labute approximate surface area is 143 Å². The lowest BCUT2D eigenvalue weighted by atomic mass is 10.2. The molecule has 0 heterocycles. The summed E-state index contributed by atoms with van der Waals surface area (Å²) in [5, 5.41) is 7.27. The molecule has 0 saturated heterocycles.